The fraction of sp³-hybridized carbons (Fsp3) is 0.318. The molecule has 9 nitrogen and oxygen atoms in total. The van der Waals surface area contributed by atoms with E-state index in [1.807, 2.05) is 0 Å². The Balaban J connectivity index is 1.25. The lowest BCUT2D eigenvalue weighted by atomic mass is 10.2. The van der Waals surface area contributed by atoms with E-state index in [-0.39, 0.29) is 24.0 Å². The van der Waals surface area contributed by atoms with E-state index in [0.717, 1.165) is 19.3 Å². The molecule has 10 heteroatoms. The van der Waals surface area contributed by atoms with Gasteiger partial charge in [0, 0.05) is 24.7 Å². The summed E-state index contributed by atoms with van der Waals surface area (Å²) < 4.78 is 37.6. The largest absolute Gasteiger partial charge is 0.475 e. The van der Waals surface area contributed by atoms with Crippen molar-refractivity contribution < 1.29 is 22.4 Å². The molecule has 0 atom stereocenters. The minimum atomic E-state index is -3.51. The van der Waals surface area contributed by atoms with Crippen LogP contribution < -0.4 is 10.1 Å². The maximum atomic E-state index is 12.7. The molecule has 0 radical (unpaired) electrons. The SMILES string of the molecule is O=C(NCCOc1ccc(-c2ccco2)nn1)c1ccc(S(=O)(=O)N2CCCCC2)cc1. The highest BCUT2D eigenvalue weighted by Gasteiger charge is 2.25. The van der Waals surface area contributed by atoms with E-state index >= 15 is 0 Å². The molecule has 0 aliphatic carbocycles. The van der Waals surface area contributed by atoms with Gasteiger partial charge in [0.1, 0.15) is 12.3 Å². The van der Waals surface area contributed by atoms with Gasteiger partial charge in [0.2, 0.25) is 15.9 Å². The molecule has 3 heterocycles. The number of sulfonamides is 1. The molecular formula is C22H24N4O5S. The second-order valence-electron chi connectivity index (χ2n) is 7.33. The average Bonchev–Trinajstić information content (AvgIpc) is 3.38. The first-order valence-corrected chi connectivity index (χ1v) is 11.9. The molecule has 32 heavy (non-hydrogen) atoms. The number of furan rings is 1. The van der Waals surface area contributed by atoms with Gasteiger partial charge in [0.25, 0.3) is 5.91 Å². The van der Waals surface area contributed by atoms with Crippen LogP contribution in [0.15, 0.2) is 64.1 Å². The van der Waals surface area contributed by atoms with Crippen molar-refractivity contribution in [3.8, 4) is 17.3 Å². The van der Waals surface area contributed by atoms with Gasteiger partial charge >= 0.3 is 0 Å². The van der Waals surface area contributed by atoms with Crippen molar-refractivity contribution in [2.45, 2.75) is 24.2 Å². The molecule has 0 bridgehead atoms. The van der Waals surface area contributed by atoms with Crippen molar-refractivity contribution in [3.63, 3.8) is 0 Å². The van der Waals surface area contributed by atoms with Gasteiger partial charge in [-0.25, -0.2) is 8.42 Å². The summed E-state index contributed by atoms with van der Waals surface area (Å²) in [6.07, 6.45) is 4.37. The van der Waals surface area contributed by atoms with Crippen LogP contribution in [0.1, 0.15) is 29.6 Å². The zero-order valence-electron chi connectivity index (χ0n) is 17.4. The van der Waals surface area contributed by atoms with Crippen LogP contribution in [0, 0.1) is 0 Å². The molecule has 1 aliphatic heterocycles. The Labute approximate surface area is 186 Å². The Kier molecular flexibility index (Phi) is 6.81. The van der Waals surface area contributed by atoms with Crippen LogP contribution >= 0.6 is 0 Å². The molecule has 4 rings (SSSR count). The number of benzene rings is 1. The summed E-state index contributed by atoms with van der Waals surface area (Å²) in [6, 6.07) is 13.0. The van der Waals surface area contributed by atoms with E-state index in [1.165, 1.54) is 28.6 Å². The smallest absolute Gasteiger partial charge is 0.251 e. The Morgan fingerprint density at radius 3 is 2.47 bits per heavy atom. The minimum absolute atomic E-state index is 0.204. The first-order chi connectivity index (χ1) is 15.5. The molecule has 3 aromatic rings. The second kappa shape index (κ2) is 9.92. The minimum Gasteiger partial charge on any atom is -0.475 e. The lowest BCUT2D eigenvalue weighted by Crippen LogP contribution is -2.35. The van der Waals surface area contributed by atoms with Crippen molar-refractivity contribution in [1.29, 1.82) is 0 Å². The fourth-order valence-electron chi connectivity index (χ4n) is 3.41. The van der Waals surface area contributed by atoms with E-state index in [0.29, 0.717) is 36.0 Å². The lowest BCUT2D eigenvalue weighted by Gasteiger charge is -2.25. The number of nitrogens with one attached hydrogen (secondary N) is 1. The lowest BCUT2D eigenvalue weighted by molar-refractivity contribution is 0.0946. The number of hydrogen-bond donors (Lipinski definition) is 1. The first kappa shape index (κ1) is 22.0. The molecule has 0 unspecified atom stereocenters. The molecule has 0 saturated carbocycles. The normalized spacial score (nSPS) is 14.8. The number of aromatic nitrogens is 2. The van der Waals surface area contributed by atoms with E-state index in [2.05, 4.69) is 15.5 Å². The number of rotatable bonds is 8. The summed E-state index contributed by atoms with van der Waals surface area (Å²) in [5, 5.41) is 10.7. The average molecular weight is 457 g/mol. The van der Waals surface area contributed by atoms with Gasteiger partial charge in [-0.05, 0) is 55.3 Å². The summed E-state index contributed by atoms with van der Waals surface area (Å²) in [7, 11) is -3.51. The zero-order valence-corrected chi connectivity index (χ0v) is 18.3. The predicted molar refractivity (Wildman–Crippen MR) is 117 cm³/mol. The monoisotopic (exact) mass is 456 g/mol. The van der Waals surface area contributed by atoms with Crippen molar-refractivity contribution in [3.05, 3.63) is 60.4 Å². The molecule has 1 N–H and O–H groups in total. The van der Waals surface area contributed by atoms with Gasteiger partial charge in [-0.1, -0.05) is 6.42 Å². The van der Waals surface area contributed by atoms with Gasteiger partial charge in [-0.2, -0.15) is 4.31 Å². The van der Waals surface area contributed by atoms with Gasteiger partial charge in [-0.3, -0.25) is 4.79 Å². The molecule has 1 aromatic carbocycles. The number of nitrogens with zero attached hydrogens (tertiary/aromatic N) is 3. The Morgan fingerprint density at radius 1 is 1.03 bits per heavy atom. The highest BCUT2D eigenvalue weighted by molar-refractivity contribution is 7.89. The number of carbonyl (C=O) groups excluding carboxylic acids is 1. The highest BCUT2D eigenvalue weighted by atomic mass is 32.2. The Bertz CT molecular complexity index is 1120. The third kappa shape index (κ3) is 5.14. The van der Waals surface area contributed by atoms with Gasteiger partial charge < -0.3 is 14.5 Å². The maximum absolute atomic E-state index is 12.7. The van der Waals surface area contributed by atoms with E-state index < -0.39 is 10.0 Å². The Morgan fingerprint density at radius 2 is 1.81 bits per heavy atom. The molecule has 0 spiro atoms. The van der Waals surface area contributed by atoms with Crippen molar-refractivity contribution >= 4 is 15.9 Å². The van der Waals surface area contributed by atoms with Crippen LogP contribution in [0.3, 0.4) is 0 Å². The molecular weight excluding hydrogens is 432 g/mol. The van der Waals surface area contributed by atoms with Crippen molar-refractivity contribution in [2.75, 3.05) is 26.2 Å². The quantitative estimate of drug-likeness (QED) is 0.518. The summed E-state index contributed by atoms with van der Waals surface area (Å²) in [6.45, 7) is 1.55. The van der Waals surface area contributed by atoms with Crippen LogP contribution in [-0.4, -0.2) is 55.1 Å². The Hall–Kier alpha value is -3.24. The van der Waals surface area contributed by atoms with Crippen molar-refractivity contribution in [1.82, 2.24) is 19.8 Å². The molecule has 168 valence electrons. The third-order valence-corrected chi connectivity index (χ3v) is 7.03. The third-order valence-electron chi connectivity index (χ3n) is 5.12. The van der Waals surface area contributed by atoms with Crippen LogP contribution in [0.5, 0.6) is 5.88 Å². The second-order valence-corrected chi connectivity index (χ2v) is 9.27. The predicted octanol–water partition coefficient (Wildman–Crippen LogP) is 2.72. The van der Waals surface area contributed by atoms with Crippen LogP contribution in [-0.2, 0) is 10.0 Å². The highest BCUT2D eigenvalue weighted by Crippen LogP contribution is 2.21. The number of amides is 1. The molecule has 1 amide bonds. The summed E-state index contributed by atoms with van der Waals surface area (Å²) in [4.78, 5) is 12.5. The summed E-state index contributed by atoms with van der Waals surface area (Å²) in [5.74, 6) is 0.641. The number of hydrogen-bond acceptors (Lipinski definition) is 7. The van der Waals surface area contributed by atoms with E-state index in [1.54, 1.807) is 30.5 Å². The van der Waals surface area contributed by atoms with Gasteiger partial charge in [0.05, 0.1) is 17.7 Å². The van der Waals surface area contributed by atoms with Crippen molar-refractivity contribution in [2.24, 2.45) is 0 Å². The number of carbonyl (C=O) groups is 1. The fourth-order valence-corrected chi connectivity index (χ4v) is 4.92. The van der Waals surface area contributed by atoms with Crippen LogP contribution in [0.4, 0.5) is 0 Å². The van der Waals surface area contributed by atoms with Crippen LogP contribution in [0.25, 0.3) is 11.5 Å². The maximum Gasteiger partial charge on any atom is 0.251 e. The topological polar surface area (TPSA) is 115 Å². The number of ether oxygens (including phenoxy) is 1. The standard InChI is InChI=1S/C22H24N4O5S/c27-22(17-6-8-18(9-7-17)32(28,29)26-13-2-1-3-14-26)23-12-16-31-21-11-10-19(24-25-21)20-5-4-15-30-20/h4-11,15H,1-3,12-14,16H2,(H,23,27). The number of piperidine rings is 1. The summed E-state index contributed by atoms with van der Waals surface area (Å²) in [5.41, 5.74) is 0.978. The summed E-state index contributed by atoms with van der Waals surface area (Å²) >= 11 is 0. The zero-order chi connectivity index (χ0) is 22.4. The molecule has 1 saturated heterocycles. The van der Waals surface area contributed by atoms with Gasteiger partial charge in [0.15, 0.2) is 5.76 Å². The first-order valence-electron chi connectivity index (χ1n) is 10.4. The molecule has 2 aromatic heterocycles. The van der Waals surface area contributed by atoms with Crippen LogP contribution in [0.2, 0.25) is 0 Å². The van der Waals surface area contributed by atoms with E-state index in [4.69, 9.17) is 9.15 Å². The molecule has 1 aliphatic rings. The molecule has 1 fully saturated rings. The van der Waals surface area contributed by atoms with Gasteiger partial charge in [-0.15, -0.1) is 10.2 Å². The van der Waals surface area contributed by atoms with E-state index in [9.17, 15) is 13.2 Å².